The predicted octanol–water partition coefficient (Wildman–Crippen LogP) is 3.68. The third-order valence-electron chi connectivity index (χ3n) is 5.78. The topological polar surface area (TPSA) is 43.9 Å². The quantitative estimate of drug-likeness (QED) is 0.625. The summed E-state index contributed by atoms with van der Waals surface area (Å²) in [5, 5.41) is 3.58. The number of rotatable bonds is 4. The zero-order valence-electron chi connectivity index (χ0n) is 16.6. The maximum Gasteiger partial charge on any atom is 0.242 e. The van der Waals surface area contributed by atoms with Crippen LogP contribution >= 0.6 is 23.1 Å². The summed E-state index contributed by atoms with van der Waals surface area (Å²) in [6.45, 7) is 4.18. The zero-order chi connectivity index (χ0) is 20.5. The second-order valence-electron chi connectivity index (χ2n) is 7.65. The minimum atomic E-state index is 0.00928. The number of nitrogens with zero attached hydrogens (tertiary/aromatic N) is 3. The molecule has 2 aliphatic rings. The van der Waals surface area contributed by atoms with Crippen molar-refractivity contribution < 1.29 is 9.59 Å². The summed E-state index contributed by atoms with van der Waals surface area (Å²) in [5.74, 6) is 0.438. The summed E-state index contributed by atoms with van der Waals surface area (Å²) < 4.78 is 1.32. The highest BCUT2D eigenvalue weighted by Gasteiger charge is 2.29. The summed E-state index contributed by atoms with van der Waals surface area (Å²) in [6.07, 6.45) is 0. The SMILES string of the molecule is O=C(CN1C(=O)CSc2ccccc21)N1CCN(Cc2csc3ccccc23)CC1. The van der Waals surface area contributed by atoms with Gasteiger partial charge in [0.05, 0.1) is 11.4 Å². The molecule has 5 nitrogen and oxygen atoms in total. The fourth-order valence-corrected chi connectivity index (χ4v) is 6.00. The number of hydrogen-bond acceptors (Lipinski definition) is 5. The van der Waals surface area contributed by atoms with E-state index < -0.39 is 0 Å². The minimum absolute atomic E-state index is 0.00928. The average molecular weight is 438 g/mol. The first-order chi connectivity index (χ1) is 14.7. The van der Waals surface area contributed by atoms with E-state index in [2.05, 4.69) is 34.5 Å². The first-order valence-corrected chi connectivity index (χ1v) is 12.0. The lowest BCUT2D eigenvalue weighted by Gasteiger charge is -2.36. The van der Waals surface area contributed by atoms with Crippen LogP contribution in [0, 0.1) is 0 Å². The number of anilines is 1. The van der Waals surface area contributed by atoms with Crippen molar-refractivity contribution in [1.29, 1.82) is 0 Å². The van der Waals surface area contributed by atoms with E-state index in [9.17, 15) is 9.59 Å². The number of amides is 2. The van der Waals surface area contributed by atoms with Crippen LogP contribution in [0.5, 0.6) is 0 Å². The zero-order valence-corrected chi connectivity index (χ0v) is 18.3. The van der Waals surface area contributed by atoms with E-state index >= 15 is 0 Å². The maximum atomic E-state index is 12.9. The highest BCUT2D eigenvalue weighted by molar-refractivity contribution is 8.00. The highest BCUT2D eigenvalue weighted by Crippen LogP contribution is 2.34. The molecule has 1 fully saturated rings. The van der Waals surface area contributed by atoms with Crippen LogP contribution in [0.15, 0.2) is 58.8 Å². The Bertz CT molecular complexity index is 1090. The monoisotopic (exact) mass is 437 g/mol. The van der Waals surface area contributed by atoms with Crippen molar-refractivity contribution in [3.63, 3.8) is 0 Å². The molecule has 2 aromatic carbocycles. The van der Waals surface area contributed by atoms with Gasteiger partial charge in [-0.05, 0) is 34.5 Å². The molecule has 5 rings (SSSR count). The number of fused-ring (bicyclic) bond motifs is 2. The number of carbonyl (C=O) groups excluding carboxylic acids is 2. The molecule has 1 saturated heterocycles. The second-order valence-corrected chi connectivity index (χ2v) is 9.58. The Kier molecular flexibility index (Phi) is 5.50. The average Bonchev–Trinajstić information content (AvgIpc) is 3.19. The van der Waals surface area contributed by atoms with E-state index in [1.807, 2.05) is 29.2 Å². The Hall–Kier alpha value is -2.35. The molecule has 0 unspecified atom stereocenters. The summed E-state index contributed by atoms with van der Waals surface area (Å²) >= 11 is 3.34. The molecule has 0 atom stereocenters. The van der Waals surface area contributed by atoms with Gasteiger partial charge in [0.25, 0.3) is 0 Å². The van der Waals surface area contributed by atoms with Crippen molar-refractivity contribution in [1.82, 2.24) is 9.80 Å². The van der Waals surface area contributed by atoms with E-state index in [0.717, 1.165) is 30.2 Å². The van der Waals surface area contributed by atoms with Crippen LogP contribution in [0.3, 0.4) is 0 Å². The van der Waals surface area contributed by atoms with E-state index in [1.54, 1.807) is 28.0 Å². The van der Waals surface area contributed by atoms with Gasteiger partial charge in [-0.2, -0.15) is 0 Å². The molecule has 154 valence electrons. The summed E-state index contributed by atoms with van der Waals surface area (Å²) in [5.41, 5.74) is 2.22. The summed E-state index contributed by atoms with van der Waals surface area (Å²) in [7, 11) is 0. The molecule has 3 heterocycles. The second kappa shape index (κ2) is 8.41. The molecule has 30 heavy (non-hydrogen) atoms. The Labute approximate surface area is 184 Å². The summed E-state index contributed by atoms with van der Waals surface area (Å²) in [6, 6.07) is 16.3. The first kappa shape index (κ1) is 19.6. The van der Waals surface area contributed by atoms with Crippen LogP contribution in [0.1, 0.15) is 5.56 Å². The van der Waals surface area contributed by atoms with Crippen LogP contribution < -0.4 is 4.90 Å². The first-order valence-electron chi connectivity index (χ1n) is 10.2. The number of benzene rings is 2. The third-order valence-corrected chi connectivity index (χ3v) is 7.84. The Morgan fingerprint density at radius 3 is 2.60 bits per heavy atom. The van der Waals surface area contributed by atoms with Crippen LogP contribution in [-0.2, 0) is 16.1 Å². The standard InChI is InChI=1S/C23H23N3O2S2/c27-22(14-26-19-6-2-4-8-21(19)30-16-23(26)28)25-11-9-24(10-12-25)13-17-15-29-20-7-3-1-5-18(17)20/h1-8,15H,9-14,16H2. The molecule has 7 heteroatoms. The van der Waals surface area contributed by atoms with Crippen molar-refractivity contribution in [2.45, 2.75) is 11.4 Å². The Balaban J connectivity index is 1.20. The van der Waals surface area contributed by atoms with Crippen LogP contribution in [0.4, 0.5) is 5.69 Å². The van der Waals surface area contributed by atoms with Gasteiger partial charge in [-0.3, -0.25) is 14.5 Å². The number of carbonyl (C=O) groups is 2. The molecular weight excluding hydrogens is 414 g/mol. The fourth-order valence-electron chi connectivity index (χ4n) is 4.11. The van der Waals surface area contributed by atoms with Crippen molar-refractivity contribution >= 4 is 50.7 Å². The fraction of sp³-hybridized carbons (Fsp3) is 0.304. The lowest BCUT2D eigenvalue weighted by atomic mass is 10.1. The van der Waals surface area contributed by atoms with Gasteiger partial charge in [-0.15, -0.1) is 23.1 Å². The molecule has 2 aliphatic heterocycles. The minimum Gasteiger partial charge on any atom is -0.339 e. The van der Waals surface area contributed by atoms with Gasteiger partial charge in [-0.25, -0.2) is 0 Å². The normalized spacial score (nSPS) is 17.4. The third kappa shape index (κ3) is 3.85. The molecule has 0 spiro atoms. The number of hydrogen-bond donors (Lipinski definition) is 0. The number of thioether (sulfide) groups is 1. The van der Waals surface area contributed by atoms with Gasteiger partial charge in [0.1, 0.15) is 6.54 Å². The summed E-state index contributed by atoms with van der Waals surface area (Å²) in [4.78, 5) is 32.4. The van der Waals surface area contributed by atoms with Gasteiger partial charge in [-0.1, -0.05) is 30.3 Å². The van der Waals surface area contributed by atoms with E-state index in [0.29, 0.717) is 18.8 Å². The molecule has 2 amide bonds. The Morgan fingerprint density at radius 2 is 1.73 bits per heavy atom. The molecule has 0 aliphatic carbocycles. The molecule has 0 saturated carbocycles. The smallest absolute Gasteiger partial charge is 0.242 e. The van der Waals surface area contributed by atoms with Crippen molar-refractivity contribution in [2.24, 2.45) is 0 Å². The van der Waals surface area contributed by atoms with Crippen molar-refractivity contribution in [2.75, 3.05) is 43.4 Å². The molecule has 1 aromatic heterocycles. The highest BCUT2D eigenvalue weighted by atomic mass is 32.2. The number of piperazine rings is 1. The lowest BCUT2D eigenvalue weighted by molar-refractivity contribution is -0.132. The maximum absolute atomic E-state index is 12.9. The predicted molar refractivity (Wildman–Crippen MR) is 123 cm³/mol. The van der Waals surface area contributed by atoms with Gasteiger partial charge >= 0.3 is 0 Å². The molecule has 0 bridgehead atoms. The van der Waals surface area contributed by atoms with Gasteiger partial charge < -0.3 is 9.80 Å². The number of para-hydroxylation sites is 1. The Morgan fingerprint density at radius 1 is 0.967 bits per heavy atom. The van der Waals surface area contributed by atoms with E-state index in [1.165, 1.54) is 15.6 Å². The van der Waals surface area contributed by atoms with E-state index in [4.69, 9.17) is 0 Å². The van der Waals surface area contributed by atoms with Crippen LogP contribution in [0.25, 0.3) is 10.1 Å². The molecule has 0 N–H and O–H groups in total. The largest absolute Gasteiger partial charge is 0.339 e. The van der Waals surface area contributed by atoms with Crippen LogP contribution in [-0.4, -0.2) is 60.1 Å². The van der Waals surface area contributed by atoms with Crippen molar-refractivity contribution in [3.05, 3.63) is 59.5 Å². The molecular formula is C23H23N3O2S2. The van der Waals surface area contributed by atoms with Crippen molar-refractivity contribution in [3.8, 4) is 0 Å². The number of thiophene rings is 1. The van der Waals surface area contributed by atoms with E-state index in [-0.39, 0.29) is 18.4 Å². The van der Waals surface area contributed by atoms with Gasteiger partial charge in [0.2, 0.25) is 11.8 Å². The lowest BCUT2D eigenvalue weighted by Crippen LogP contribution is -2.52. The molecule has 0 radical (unpaired) electrons. The van der Waals surface area contributed by atoms with Gasteiger partial charge in [0, 0.05) is 42.3 Å². The van der Waals surface area contributed by atoms with Gasteiger partial charge in [0.15, 0.2) is 0 Å². The molecule has 3 aromatic rings. The van der Waals surface area contributed by atoms with Crippen LogP contribution in [0.2, 0.25) is 0 Å².